The predicted octanol–water partition coefficient (Wildman–Crippen LogP) is 1.93. The summed E-state index contributed by atoms with van der Waals surface area (Å²) in [5.74, 6) is 0. The molecule has 1 aromatic carbocycles. The molecule has 1 aliphatic rings. The maximum Gasteiger partial charge on any atom is 0.0624 e. The third-order valence-electron chi connectivity index (χ3n) is 3.29. The Kier molecular flexibility index (Phi) is 4.40. The van der Waals surface area contributed by atoms with E-state index in [-0.39, 0.29) is 12.6 Å². The minimum absolute atomic E-state index is 0.0538. The fourth-order valence-electron chi connectivity index (χ4n) is 2.21. The van der Waals surface area contributed by atoms with Crippen molar-refractivity contribution in [1.82, 2.24) is 4.90 Å². The van der Waals surface area contributed by atoms with Gasteiger partial charge < -0.3 is 10.8 Å². The molecular weight excluding hydrogens is 236 g/mol. The van der Waals surface area contributed by atoms with Crippen LogP contribution in [-0.2, 0) is 6.54 Å². The number of rotatable bonds is 4. The van der Waals surface area contributed by atoms with E-state index in [4.69, 9.17) is 22.4 Å². The van der Waals surface area contributed by atoms with Crippen LogP contribution >= 0.6 is 11.6 Å². The molecule has 1 saturated heterocycles. The van der Waals surface area contributed by atoms with Gasteiger partial charge in [-0.2, -0.15) is 0 Å². The number of hydrogen-bond acceptors (Lipinski definition) is 3. The van der Waals surface area contributed by atoms with Crippen molar-refractivity contribution in [3.63, 3.8) is 0 Å². The Balaban J connectivity index is 2.08. The number of benzene rings is 1. The second-order valence-electron chi connectivity index (χ2n) is 4.62. The van der Waals surface area contributed by atoms with E-state index in [1.807, 2.05) is 18.2 Å². The third kappa shape index (κ3) is 3.19. The molecular formula is C13H19ClN2O. The van der Waals surface area contributed by atoms with Gasteiger partial charge in [0.15, 0.2) is 0 Å². The fourth-order valence-corrected chi connectivity index (χ4v) is 2.46. The topological polar surface area (TPSA) is 49.5 Å². The number of likely N-dealkylation sites (tertiary alicyclic amines) is 1. The van der Waals surface area contributed by atoms with E-state index in [9.17, 15) is 0 Å². The van der Waals surface area contributed by atoms with Crippen LogP contribution in [0, 0.1) is 0 Å². The Morgan fingerprint density at radius 1 is 1.35 bits per heavy atom. The molecule has 0 radical (unpaired) electrons. The first-order valence-corrected chi connectivity index (χ1v) is 6.45. The second-order valence-corrected chi connectivity index (χ2v) is 5.03. The largest absolute Gasteiger partial charge is 0.394 e. The summed E-state index contributed by atoms with van der Waals surface area (Å²) in [5.41, 5.74) is 7.79. The molecule has 0 amide bonds. The highest BCUT2D eigenvalue weighted by Gasteiger charge is 2.14. The second kappa shape index (κ2) is 5.83. The van der Waals surface area contributed by atoms with Crippen LogP contribution in [0.4, 0.5) is 0 Å². The van der Waals surface area contributed by atoms with Gasteiger partial charge in [-0.3, -0.25) is 4.90 Å². The first kappa shape index (κ1) is 12.8. The Hall–Kier alpha value is -0.610. The quantitative estimate of drug-likeness (QED) is 0.863. The van der Waals surface area contributed by atoms with Crippen molar-refractivity contribution in [2.24, 2.45) is 5.73 Å². The first-order chi connectivity index (χ1) is 8.20. The smallest absolute Gasteiger partial charge is 0.0624 e. The van der Waals surface area contributed by atoms with E-state index in [2.05, 4.69) is 4.90 Å². The molecule has 0 saturated carbocycles. The van der Waals surface area contributed by atoms with Crippen LogP contribution in [-0.4, -0.2) is 29.7 Å². The Labute approximate surface area is 107 Å². The SMILES string of the molecule is NC(CO)c1ccc(CN2CCCC2)c(Cl)c1. The highest BCUT2D eigenvalue weighted by atomic mass is 35.5. The summed E-state index contributed by atoms with van der Waals surface area (Å²) in [6.07, 6.45) is 2.57. The lowest BCUT2D eigenvalue weighted by Crippen LogP contribution is -2.19. The number of halogens is 1. The number of aliphatic hydroxyl groups excluding tert-OH is 1. The maximum absolute atomic E-state index is 9.00. The molecule has 0 spiro atoms. The molecule has 17 heavy (non-hydrogen) atoms. The molecule has 1 atom stereocenters. The minimum Gasteiger partial charge on any atom is -0.394 e. The van der Waals surface area contributed by atoms with Crippen LogP contribution < -0.4 is 5.73 Å². The monoisotopic (exact) mass is 254 g/mol. The highest BCUT2D eigenvalue weighted by Crippen LogP contribution is 2.23. The molecule has 3 nitrogen and oxygen atoms in total. The number of nitrogens with two attached hydrogens (primary N) is 1. The van der Waals surface area contributed by atoms with Crippen molar-refractivity contribution in [3.05, 3.63) is 34.3 Å². The van der Waals surface area contributed by atoms with Gasteiger partial charge >= 0.3 is 0 Å². The van der Waals surface area contributed by atoms with Crippen molar-refractivity contribution in [3.8, 4) is 0 Å². The van der Waals surface area contributed by atoms with Crippen molar-refractivity contribution < 1.29 is 5.11 Å². The lowest BCUT2D eigenvalue weighted by Gasteiger charge is -2.17. The van der Waals surface area contributed by atoms with Gasteiger partial charge in [0.1, 0.15) is 0 Å². The van der Waals surface area contributed by atoms with Gasteiger partial charge in [0.2, 0.25) is 0 Å². The fraction of sp³-hybridized carbons (Fsp3) is 0.538. The molecule has 2 rings (SSSR count). The van der Waals surface area contributed by atoms with Crippen molar-refractivity contribution in [1.29, 1.82) is 0 Å². The number of hydrogen-bond donors (Lipinski definition) is 2. The zero-order valence-electron chi connectivity index (χ0n) is 9.90. The van der Waals surface area contributed by atoms with Crippen LogP contribution in [0.15, 0.2) is 18.2 Å². The molecule has 3 N–H and O–H groups in total. The third-order valence-corrected chi connectivity index (χ3v) is 3.65. The van der Waals surface area contributed by atoms with Crippen LogP contribution in [0.5, 0.6) is 0 Å². The lowest BCUT2D eigenvalue weighted by molar-refractivity contribution is 0.268. The molecule has 0 aliphatic carbocycles. The highest BCUT2D eigenvalue weighted by molar-refractivity contribution is 6.31. The zero-order chi connectivity index (χ0) is 12.3. The summed E-state index contributed by atoms with van der Waals surface area (Å²) < 4.78 is 0. The van der Waals surface area contributed by atoms with E-state index in [1.54, 1.807) is 0 Å². The van der Waals surface area contributed by atoms with Gasteiger partial charge in [0.05, 0.1) is 12.6 Å². The van der Waals surface area contributed by atoms with Crippen LogP contribution in [0.25, 0.3) is 0 Å². The van der Waals surface area contributed by atoms with Crippen molar-refractivity contribution >= 4 is 11.6 Å². The molecule has 1 aromatic rings. The molecule has 1 aliphatic heterocycles. The molecule has 0 aromatic heterocycles. The normalized spacial score (nSPS) is 18.5. The van der Waals surface area contributed by atoms with E-state index < -0.39 is 0 Å². The summed E-state index contributed by atoms with van der Waals surface area (Å²) >= 11 is 6.25. The minimum atomic E-state index is -0.340. The average molecular weight is 255 g/mol. The summed E-state index contributed by atoms with van der Waals surface area (Å²) in [5, 5.41) is 9.75. The van der Waals surface area contributed by atoms with Gasteiger partial charge in [-0.15, -0.1) is 0 Å². The zero-order valence-corrected chi connectivity index (χ0v) is 10.7. The van der Waals surface area contributed by atoms with Crippen molar-refractivity contribution in [2.75, 3.05) is 19.7 Å². The summed E-state index contributed by atoms with van der Waals surface area (Å²) in [7, 11) is 0. The standard InChI is InChI=1S/C13H19ClN2O/c14-12-7-10(13(15)9-17)3-4-11(12)8-16-5-1-2-6-16/h3-4,7,13,17H,1-2,5-6,8-9,15H2. The van der Waals surface area contributed by atoms with Gasteiger partial charge in [-0.05, 0) is 43.1 Å². The molecule has 1 unspecified atom stereocenters. The molecule has 94 valence electrons. The molecule has 1 heterocycles. The average Bonchev–Trinajstić information content (AvgIpc) is 2.83. The van der Waals surface area contributed by atoms with E-state index in [0.29, 0.717) is 0 Å². The van der Waals surface area contributed by atoms with Gasteiger partial charge in [0, 0.05) is 11.6 Å². The van der Waals surface area contributed by atoms with Gasteiger partial charge in [-0.25, -0.2) is 0 Å². The molecule has 1 fully saturated rings. The lowest BCUT2D eigenvalue weighted by atomic mass is 10.1. The van der Waals surface area contributed by atoms with E-state index >= 15 is 0 Å². The summed E-state index contributed by atoms with van der Waals surface area (Å²) in [4.78, 5) is 2.41. The van der Waals surface area contributed by atoms with Crippen LogP contribution in [0.1, 0.15) is 30.0 Å². The van der Waals surface area contributed by atoms with Crippen LogP contribution in [0.2, 0.25) is 5.02 Å². The number of aliphatic hydroxyl groups is 1. The Morgan fingerprint density at radius 3 is 2.65 bits per heavy atom. The predicted molar refractivity (Wildman–Crippen MR) is 70.0 cm³/mol. The summed E-state index contributed by atoms with van der Waals surface area (Å²) in [6, 6.07) is 5.51. The molecule has 0 bridgehead atoms. The molecule has 4 heteroatoms. The van der Waals surface area contributed by atoms with E-state index in [0.717, 1.165) is 35.8 Å². The summed E-state index contributed by atoms with van der Waals surface area (Å²) in [6.45, 7) is 3.18. The van der Waals surface area contributed by atoms with Gasteiger partial charge in [0.25, 0.3) is 0 Å². The van der Waals surface area contributed by atoms with E-state index in [1.165, 1.54) is 12.8 Å². The first-order valence-electron chi connectivity index (χ1n) is 6.08. The Morgan fingerprint density at radius 2 is 2.06 bits per heavy atom. The number of nitrogens with zero attached hydrogens (tertiary/aromatic N) is 1. The van der Waals surface area contributed by atoms with Crippen LogP contribution in [0.3, 0.4) is 0 Å². The van der Waals surface area contributed by atoms with Gasteiger partial charge in [-0.1, -0.05) is 23.7 Å². The maximum atomic E-state index is 9.00. The Bertz CT molecular complexity index is 378. The van der Waals surface area contributed by atoms with Crippen molar-refractivity contribution in [2.45, 2.75) is 25.4 Å².